The Morgan fingerprint density at radius 3 is 2.38 bits per heavy atom. The smallest absolute Gasteiger partial charge is 0.251 e. The van der Waals surface area contributed by atoms with Crippen molar-refractivity contribution in [1.29, 1.82) is 0 Å². The van der Waals surface area contributed by atoms with Gasteiger partial charge in [0.15, 0.2) is 0 Å². The molecule has 1 aliphatic heterocycles. The summed E-state index contributed by atoms with van der Waals surface area (Å²) in [6, 6.07) is 14.3. The predicted octanol–water partition coefficient (Wildman–Crippen LogP) is 1.52. The number of carbonyl (C=O) groups excluding carboxylic acids is 3. The van der Waals surface area contributed by atoms with Crippen LogP contribution in [0.15, 0.2) is 54.7 Å². The Labute approximate surface area is 196 Å². The highest BCUT2D eigenvalue weighted by Crippen LogP contribution is 2.59. The third-order valence-electron chi connectivity index (χ3n) is 6.71. The van der Waals surface area contributed by atoms with Gasteiger partial charge in [0.05, 0.1) is 11.6 Å². The largest absolute Gasteiger partial charge is 0.457 e. The molecule has 5 N–H and O–H groups in total. The number of fused-ring (bicyclic) bond motifs is 1. The number of hydrogen-bond acceptors (Lipinski definition) is 6. The van der Waals surface area contributed by atoms with E-state index >= 15 is 0 Å². The highest BCUT2D eigenvalue weighted by molar-refractivity contribution is 6.08. The number of nitrogens with two attached hydrogens (primary N) is 2. The Bertz CT molecular complexity index is 1290. The first kappa shape index (κ1) is 21.8. The van der Waals surface area contributed by atoms with Crippen LogP contribution in [0.4, 0.5) is 0 Å². The molecule has 2 aliphatic rings. The van der Waals surface area contributed by atoms with Crippen molar-refractivity contribution in [2.45, 2.75) is 18.4 Å². The van der Waals surface area contributed by atoms with Gasteiger partial charge in [-0.25, -0.2) is 0 Å². The molecule has 9 heteroatoms. The van der Waals surface area contributed by atoms with Crippen LogP contribution >= 0.6 is 0 Å². The van der Waals surface area contributed by atoms with Crippen LogP contribution in [0.3, 0.4) is 0 Å². The molecule has 0 bridgehead atoms. The zero-order valence-corrected chi connectivity index (χ0v) is 18.7. The van der Waals surface area contributed by atoms with Crippen molar-refractivity contribution >= 4 is 28.6 Å². The second-order valence-electron chi connectivity index (χ2n) is 9.06. The molecule has 1 unspecified atom stereocenters. The molecule has 2 aromatic carbocycles. The molecule has 1 saturated heterocycles. The minimum Gasteiger partial charge on any atom is -0.457 e. The van der Waals surface area contributed by atoms with E-state index in [1.807, 2.05) is 7.05 Å². The SMILES string of the molecule is CN1CC(NC(=O)c2ccc3nccc(Oc4ccc(C5CC5(C(N)=O)C(N)=O)cc4)c3c2)C1. The summed E-state index contributed by atoms with van der Waals surface area (Å²) in [5, 5.41) is 3.75. The molecule has 1 aromatic heterocycles. The summed E-state index contributed by atoms with van der Waals surface area (Å²) in [6.07, 6.45) is 1.96. The quantitative estimate of drug-likeness (QED) is 0.458. The molecule has 34 heavy (non-hydrogen) atoms. The van der Waals surface area contributed by atoms with Crippen molar-refractivity contribution < 1.29 is 19.1 Å². The summed E-state index contributed by atoms with van der Waals surface area (Å²) in [4.78, 5) is 42.7. The molecule has 3 aromatic rings. The molecule has 3 amide bonds. The standard InChI is InChI=1S/C25H25N5O4/c1-30-12-16(13-30)29-22(31)15-4-7-20-18(10-15)21(8-9-28-20)34-17-5-2-14(3-6-17)19-11-25(19,23(26)32)24(27)33/h2-10,16,19H,11-13H2,1H3,(H2,26,32)(H2,27,33)(H,29,31). The van der Waals surface area contributed by atoms with Crippen LogP contribution in [0.2, 0.25) is 0 Å². The van der Waals surface area contributed by atoms with Gasteiger partial charge in [0, 0.05) is 36.2 Å². The van der Waals surface area contributed by atoms with Crippen LogP contribution in [0.25, 0.3) is 10.9 Å². The average Bonchev–Trinajstić information content (AvgIpc) is 3.56. The number of rotatable bonds is 7. The van der Waals surface area contributed by atoms with E-state index in [0.717, 1.165) is 18.7 Å². The fourth-order valence-corrected chi connectivity index (χ4v) is 4.64. The van der Waals surface area contributed by atoms with Gasteiger partial charge in [0.25, 0.3) is 5.91 Å². The second kappa shape index (κ2) is 8.11. The van der Waals surface area contributed by atoms with E-state index in [1.165, 1.54) is 0 Å². The van der Waals surface area contributed by atoms with Crippen molar-refractivity contribution in [2.24, 2.45) is 16.9 Å². The normalized spacial score (nSPS) is 19.3. The van der Waals surface area contributed by atoms with Crippen molar-refractivity contribution in [1.82, 2.24) is 15.2 Å². The molecule has 1 aliphatic carbocycles. The Hall–Kier alpha value is -3.98. The minimum absolute atomic E-state index is 0.129. The average molecular weight is 460 g/mol. The van der Waals surface area contributed by atoms with Gasteiger partial charge in [-0.2, -0.15) is 0 Å². The van der Waals surface area contributed by atoms with Crippen molar-refractivity contribution in [3.8, 4) is 11.5 Å². The predicted molar refractivity (Wildman–Crippen MR) is 125 cm³/mol. The minimum atomic E-state index is -1.31. The van der Waals surface area contributed by atoms with E-state index in [4.69, 9.17) is 16.2 Å². The fourth-order valence-electron chi connectivity index (χ4n) is 4.64. The van der Waals surface area contributed by atoms with E-state index in [0.29, 0.717) is 34.4 Å². The summed E-state index contributed by atoms with van der Waals surface area (Å²) in [5.74, 6) is -0.722. The lowest BCUT2D eigenvalue weighted by Gasteiger charge is -2.36. The molecular formula is C25H25N5O4. The molecule has 2 heterocycles. The van der Waals surface area contributed by atoms with Crippen LogP contribution < -0.4 is 21.5 Å². The number of hydrogen-bond donors (Lipinski definition) is 3. The molecule has 2 fully saturated rings. The molecule has 9 nitrogen and oxygen atoms in total. The highest BCUT2D eigenvalue weighted by Gasteiger charge is 2.64. The van der Waals surface area contributed by atoms with Gasteiger partial charge in [-0.1, -0.05) is 12.1 Å². The summed E-state index contributed by atoms with van der Waals surface area (Å²) >= 11 is 0. The maximum atomic E-state index is 12.7. The summed E-state index contributed by atoms with van der Waals surface area (Å²) < 4.78 is 6.09. The molecule has 1 atom stereocenters. The van der Waals surface area contributed by atoms with Gasteiger partial charge < -0.3 is 26.4 Å². The second-order valence-corrected chi connectivity index (χ2v) is 9.06. The van der Waals surface area contributed by atoms with Crippen LogP contribution in [-0.4, -0.2) is 53.8 Å². The number of primary amides is 2. The van der Waals surface area contributed by atoms with E-state index in [2.05, 4.69) is 15.2 Å². The van der Waals surface area contributed by atoms with E-state index < -0.39 is 17.2 Å². The van der Waals surface area contributed by atoms with Gasteiger partial charge in [-0.15, -0.1) is 0 Å². The molecule has 174 valence electrons. The number of likely N-dealkylation sites (tertiary alicyclic amines) is 1. The van der Waals surface area contributed by atoms with Crippen LogP contribution in [-0.2, 0) is 9.59 Å². The van der Waals surface area contributed by atoms with E-state index in [1.54, 1.807) is 54.7 Å². The van der Waals surface area contributed by atoms with Crippen molar-refractivity contribution in [3.05, 3.63) is 65.9 Å². The maximum Gasteiger partial charge on any atom is 0.251 e. The molecular weight excluding hydrogens is 434 g/mol. The van der Waals surface area contributed by atoms with Gasteiger partial charge in [0.2, 0.25) is 11.8 Å². The zero-order valence-electron chi connectivity index (χ0n) is 18.7. The first-order chi connectivity index (χ1) is 16.3. The topological polar surface area (TPSA) is 141 Å². The number of ether oxygens (including phenoxy) is 1. The number of nitrogens with one attached hydrogen (secondary N) is 1. The number of likely N-dealkylation sites (N-methyl/N-ethyl adjacent to an activating group) is 1. The molecule has 1 saturated carbocycles. The summed E-state index contributed by atoms with van der Waals surface area (Å²) in [5.41, 5.74) is 11.6. The van der Waals surface area contributed by atoms with E-state index in [-0.39, 0.29) is 17.9 Å². The molecule has 0 spiro atoms. The van der Waals surface area contributed by atoms with Crippen LogP contribution in [0.5, 0.6) is 11.5 Å². The third-order valence-corrected chi connectivity index (χ3v) is 6.71. The Kier molecular flexibility index (Phi) is 5.21. The number of carbonyl (C=O) groups is 3. The number of amides is 3. The van der Waals surface area contributed by atoms with Crippen molar-refractivity contribution in [2.75, 3.05) is 20.1 Å². The maximum absolute atomic E-state index is 12.7. The first-order valence-electron chi connectivity index (χ1n) is 11.0. The zero-order chi connectivity index (χ0) is 24.0. The lowest BCUT2D eigenvalue weighted by atomic mass is 9.97. The van der Waals surface area contributed by atoms with Gasteiger partial charge in [-0.3, -0.25) is 19.4 Å². The third kappa shape index (κ3) is 3.73. The first-order valence-corrected chi connectivity index (χ1v) is 11.0. The van der Waals surface area contributed by atoms with Crippen LogP contribution in [0, 0.1) is 5.41 Å². The Morgan fingerprint density at radius 1 is 1.06 bits per heavy atom. The Morgan fingerprint density at radius 2 is 1.76 bits per heavy atom. The Balaban J connectivity index is 1.35. The fraction of sp³-hybridized carbons (Fsp3) is 0.280. The van der Waals surface area contributed by atoms with Crippen molar-refractivity contribution in [3.63, 3.8) is 0 Å². The monoisotopic (exact) mass is 459 g/mol. The summed E-state index contributed by atoms with van der Waals surface area (Å²) in [7, 11) is 2.01. The van der Waals surface area contributed by atoms with Gasteiger partial charge in [0.1, 0.15) is 16.9 Å². The number of aromatic nitrogens is 1. The van der Waals surface area contributed by atoms with Gasteiger partial charge >= 0.3 is 0 Å². The van der Waals surface area contributed by atoms with Gasteiger partial charge in [-0.05, 0) is 55.4 Å². The lowest BCUT2D eigenvalue weighted by molar-refractivity contribution is -0.133. The van der Waals surface area contributed by atoms with E-state index in [9.17, 15) is 14.4 Å². The number of benzene rings is 2. The number of nitrogens with zero attached hydrogens (tertiary/aromatic N) is 2. The summed E-state index contributed by atoms with van der Waals surface area (Å²) in [6.45, 7) is 1.68. The van der Waals surface area contributed by atoms with Crippen LogP contribution in [0.1, 0.15) is 28.3 Å². The highest BCUT2D eigenvalue weighted by atomic mass is 16.5. The number of pyridine rings is 1. The molecule has 0 radical (unpaired) electrons. The lowest BCUT2D eigenvalue weighted by Crippen LogP contribution is -2.57. The molecule has 5 rings (SSSR count).